The van der Waals surface area contributed by atoms with Crippen LogP contribution in [0.5, 0.6) is 0 Å². The second-order valence-electron chi connectivity index (χ2n) is 17.6. The number of carbonyl (C=O) groups excluding carboxylic acids is 6. The first kappa shape index (κ1) is 45.3. The Hall–Kier alpha value is -5.74. The Bertz CT molecular complexity index is 2300. The third-order valence-electron chi connectivity index (χ3n) is 13.7. The molecule has 3 aromatic carbocycles. The van der Waals surface area contributed by atoms with Crippen LogP contribution in [0.1, 0.15) is 93.1 Å². The van der Waals surface area contributed by atoms with Gasteiger partial charge in [0.15, 0.2) is 11.9 Å². The van der Waals surface area contributed by atoms with E-state index in [2.05, 4.69) is 5.32 Å². The number of fused-ring (bicyclic) bond motifs is 5. The fraction of sp³-hybridized carbons (Fsp3) is 0.458. The topological polar surface area (TPSA) is 221 Å². The lowest BCUT2D eigenvalue weighted by atomic mass is 9.44. The Morgan fingerprint density at radius 3 is 2.00 bits per heavy atom. The van der Waals surface area contributed by atoms with Gasteiger partial charge in [0.2, 0.25) is 6.10 Å². The second kappa shape index (κ2) is 17.1. The Labute approximate surface area is 364 Å². The van der Waals surface area contributed by atoms with E-state index in [9.17, 15) is 39.3 Å². The molecule has 11 atom stereocenters. The molecule has 1 saturated heterocycles. The molecule has 1 unspecified atom stereocenters. The average Bonchev–Trinajstić information content (AvgIpc) is 3.26. The largest absolute Gasteiger partial charge is 0.455 e. The summed E-state index contributed by atoms with van der Waals surface area (Å²) in [6.07, 6.45) is -10.4. The number of rotatable bonds is 11. The predicted octanol–water partition coefficient (Wildman–Crippen LogP) is 4.13. The molecule has 0 spiro atoms. The van der Waals surface area contributed by atoms with Crippen molar-refractivity contribution < 1.29 is 67.8 Å². The third kappa shape index (κ3) is 7.74. The molecule has 3 aliphatic carbocycles. The summed E-state index contributed by atoms with van der Waals surface area (Å²) in [6.45, 7) is 8.31. The number of aliphatic hydroxyl groups is 3. The van der Waals surface area contributed by atoms with Crippen LogP contribution in [-0.2, 0) is 42.9 Å². The van der Waals surface area contributed by atoms with E-state index in [1.54, 1.807) is 92.7 Å². The molecule has 4 aliphatic rings. The molecule has 3 aromatic rings. The number of benzene rings is 3. The first-order valence-electron chi connectivity index (χ1n) is 21.0. The maximum absolute atomic E-state index is 15.4. The summed E-state index contributed by atoms with van der Waals surface area (Å²) in [7, 11) is 0. The minimum absolute atomic E-state index is 0.0000458. The van der Waals surface area contributed by atoms with Gasteiger partial charge in [-0.15, -0.1) is 0 Å². The second-order valence-corrected chi connectivity index (χ2v) is 17.6. The summed E-state index contributed by atoms with van der Waals surface area (Å²) >= 11 is 0. The van der Waals surface area contributed by atoms with Crippen molar-refractivity contribution >= 4 is 35.6 Å². The molecule has 2 saturated carbocycles. The molecular weight excluding hydrogens is 815 g/mol. The zero-order chi connectivity index (χ0) is 45.6. The molecule has 1 heterocycles. The van der Waals surface area contributed by atoms with Crippen molar-refractivity contribution in [1.29, 1.82) is 0 Å². The normalized spacial score (nSPS) is 31.5. The van der Waals surface area contributed by atoms with E-state index in [1.165, 1.54) is 32.9 Å². The summed E-state index contributed by atoms with van der Waals surface area (Å²) in [5, 5.41) is 40.9. The first-order chi connectivity index (χ1) is 29.8. The van der Waals surface area contributed by atoms with Gasteiger partial charge in [0, 0.05) is 43.1 Å². The molecular formula is C48H53NO14. The highest BCUT2D eigenvalue weighted by Gasteiger charge is 2.77. The minimum Gasteiger partial charge on any atom is -0.455 e. The van der Waals surface area contributed by atoms with Gasteiger partial charge >= 0.3 is 23.9 Å². The van der Waals surface area contributed by atoms with Crippen molar-refractivity contribution in [3.05, 3.63) is 119 Å². The Kier molecular flexibility index (Phi) is 12.3. The minimum atomic E-state index is -2.38. The van der Waals surface area contributed by atoms with Crippen molar-refractivity contribution in [2.24, 2.45) is 16.7 Å². The third-order valence-corrected chi connectivity index (χ3v) is 13.7. The number of Topliss-reactive ketones (excluding diaryl/α,β-unsaturated/α-hetero) is 1. The van der Waals surface area contributed by atoms with Crippen molar-refractivity contribution in [3.63, 3.8) is 0 Å². The lowest BCUT2D eigenvalue weighted by Crippen LogP contribution is -2.81. The van der Waals surface area contributed by atoms with Gasteiger partial charge < -0.3 is 44.3 Å². The van der Waals surface area contributed by atoms with Crippen molar-refractivity contribution in [2.45, 2.75) is 115 Å². The summed E-state index contributed by atoms with van der Waals surface area (Å²) in [5.74, 6) is -6.80. The zero-order valence-corrected chi connectivity index (χ0v) is 35.9. The number of nitrogens with one attached hydrogen (secondary N) is 1. The molecule has 1 amide bonds. The zero-order valence-electron chi connectivity index (χ0n) is 35.9. The highest BCUT2D eigenvalue weighted by molar-refractivity contribution is 5.96. The summed E-state index contributed by atoms with van der Waals surface area (Å²) in [6, 6.07) is 23.1. The van der Waals surface area contributed by atoms with Crippen LogP contribution in [0.2, 0.25) is 0 Å². The van der Waals surface area contributed by atoms with E-state index in [-0.39, 0.29) is 41.7 Å². The van der Waals surface area contributed by atoms with Gasteiger partial charge in [0.1, 0.15) is 29.5 Å². The lowest BCUT2D eigenvalue weighted by Gasteiger charge is -2.66. The fourth-order valence-electron chi connectivity index (χ4n) is 10.1. The summed E-state index contributed by atoms with van der Waals surface area (Å²) in [4.78, 5) is 84.2. The molecule has 1 aliphatic heterocycles. The number of hydrogen-bond acceptors (Lipinski definition) is 14. The first-order valence-corrected chi connectivity index (χ1v) is 21.0. The number of amides is 1. The van der Waals surface area contributed by atoms with E-state index >= 15 is 4.79 Å². The maximum atomic E-state index is 15.4. The maximum Gasteiger partial charge on any atom is 0.350 e. The average molecular weight is 868 g/mol. The molecule has 7 rings (SSSR count). The van der Waals surface area contributed by atoms with Gasteiger partial charge in [0.05, 0.1) is 29.8 Å². The van der Waals surface area contributed by atoms with Crippen LogP contribution in [0.3, 0.4) is 0 Å². The molecule has 0 aromatic heterocycles. The Morgan fingerprint density at radius 2 is 1.44 bits per heavy atom. The number of hydrogen-bond donors (Lipinski definition) is 4. The van der Waals surface area contributed by atoms with Gasteiger partial charge in [-0.3, -0.25) is 19.2 Å². The fourth-order valence-corrected chi connectivity index (χ4v) is 10.1. The van der Waals surface area contributed by atoms with Gasteiger partial charge in [-0.2, -0.15) is 0 Å². The molecule has 0 radical (unpaired) electrons. The molecule has 15 heteroatoms. The monoisotopic (exact) mass is 867 g/mol. The predicted molar refractivity (Wildman–Crippen MR) is 222 cm³/mol. The summed E-state index contributed by atoms with van der Waals surface area (Å²) < 4.78 is 29.9. The van der Waals surface area contributed by atoms with E-state index in [4.69, 9.17) is 23.7 Å². The van der Waals surface area contributed by atoms with E-state index in [0.717, 1.165) is 6.92 Å². The van der Waals surface area contributed by atoms with Gasteiger partial charge in [-0.25, -0.2) is 9.59 Å². The van der Waals surface area contributed by atoms with E-state index < -0.39 is 113 Å². The SMILES string of the molecule is CCC(=O)O[C@@H](C(=O)O[C@H]1C[C@@]2(O)[C@@H](OC(=O)c3ccccc3)C3[C@]4(O)CO[C@@H]4C[C@H](O)[C@@]3(C)C(=O)[C@H](OC(C)=O)C(=C1C)C2(C)C)[C@@H](NC(=O)c1ccccc1)c1ccccc1. The molecule has 4 N–H and O–H groups in total. The smallest absolute Gasteiger partial charge is 0.350 e. The van der Waals surface area contributed by atoms with Crippen LogP contribution in [0, 0.1) is 16.7 Å². The molecule has 63 heavy (non-hydrogen) atoms. The summed E-state index contributed by atoms with van der Waals surface area (Å²) in [5.41, 5.74) is -7.16. The number of aliphatic hydroxyl groups excluding tert-OH is 1. The van der Waals surface area contributed by atoms with Crippen molar-refractivity contribution in [2.75, 3.05) is 6.61 Å². The Morgan fingerprint density at radius 1 is 0.857 bits per heavy atom. The highest BCUT2D eigenvalue weighted by atomic mass is 16.6. The van der Waals surface area contributed by atoms with E-state index in [0.29, 0.717) is 5.56 Å². The quantitative estimate of drug-likeness (QED) is 0.121. The van der Waals surface area contributed by atoms with Crippen LogP contribution in [-0.4, -0.2) is 105 Å². The number of esters is 4. The van der Waals surface area contributed by atoms with Crippen LogP contribution in [0.4, 0.5) is 0 Å². The van der Waals surface area contributed by atoms with Crippen LogP contribution in [0.15, 0.2) is 102 Å². The molecule has 15 nitrogen and oxygen atoms in total. The lowest BCUT2D eigenvalue weighted by molar-refractivity contribution is -0.343. The van der Waals surface area contributed by atoms with Crippen LogP contribution < -0.4 is 5.32 Å². The molecule has 334 valence electrons. The van der Waals surface area contributed by atoms with Crippen molar-refractivity contribution in [3.8, 4) is 0 Å². The molecule has 2 bridgehead atoms. The number of carbonyl (C=O) groups is 6. The van der Waals surface area contributed by atoms with Crippen LogP contribution >= 0.6 is 0 Å². The number of ketones is 1. The molecule has 3 fully saturated rings. The highest BCUT2D eigenvalue weighted by Crippen LogP contribution is 2.63. The Balaban J connectivity index is 1.39. The van der Waals surface area contributed by atoms with Gasteiger partial charge in [-0.05, 0) is 54.8 Å². The van der Waals surface area contributed by atoms with Crippen LogP contribution in [0.25, 0.3) is 0 Å². The van der Waals surface area contributed by atoms with Crippen molar-refractivity contribution in [1.82, 2.24) is 5.32 Å². The standard InChI is InChI=1S/C48H53NO14/c1-7-34(52)62-38(36(28-17-11-8-12-18-28)49-42(54)29-19-13-9-14-20-29)44(56)61-31-24-48(58)41(63-43(55)30-21-15-10-16-22-30)39-46(6,32(51)23-33-47(39,57)25-59-33)40(53)37(60-27(3)50)35(26(31)2)45(48,4)5/h8-22,31-33,36-39,41,51,57-58H,7,23-25H2,1-6H3,(H,49,54)/t31-,32-,33+,36-,37+,38+,39?,41-,46+,47-,48+/m0/s1. The van der Waals surface area contributed by atoms with Gasteiger partial charge in [0.25, 0.3) is 5.91 Å². The van der Waals surface area contributed by atoms with E-state index in [1.807, 2.05) is 0 Å². The number of ether oxygens (including phenoxy) is 5. The van der Waals surface area contributed by atoms with Gasteiger partial charge in [-0.1, -0.05) is 87.5 Å².